The van der Waals surface area contributed by atoms with Crippen molar-refractivity contribution < 1.29 is 0 Å². The van der Waals surface area contributed by atoms with Gasteiger partial charge in [-0.2, -0.15) is 0 Å². The maximum absolute atomic E-state index is 6.08. The Balaban J connectivity index is 2.30. The summed E-state index contributed by atoms with van der Waals surface area (Å²) in [7, 11) is 0. The van der Waals surface area contributed by atoms with Crippen LogP contribution in [0.15, 0.2) is 18.2 Å². The van der Waals surface area contributed by atoms with Crippen molar-refractivity contribution in [2.24, 2.45) is 11.7 Å². The van der Waals surface area contributed by atoms with Crippen molar-refractivity contribution in [3.63, 3.8) is 0 Å². The van der Waals surface area contributed by atoms with E-state index in [-0.39, 0.29) is 6.04 Å². The summed E-state index contributed by atoms with van der Waals surface area (Å²) >= 11 is 5.97. The van der Waals surface area contributed by atoms with E-state index in [2.05, 4.69) is 24.8 Å². The Morgan fingerprint density at radius 2 is 2.27 bits per heavy atom. The third-order valence-electron chi connectivity index (χ3n) is 2.73. The maximum Gasteiger partial charge on any atom is 0.0494 e. The summed E-state index contributed by atoms with van der Waals surface area (Å²) in [5, 5.41) is 0.774. The van der Waals surface area contributed by atoms with Gasteiger partial charge in [-0.15, -0.1) is 0 Å². The molecular weight excluding hydrogens is 208 g/mol. The topological polar surface area (TPSA) is 29.3 Å². The number of benzene rings is 1. The molecule has 0 saturated carbocycles. The lowest BCUT2D eigenvalue weighted by atomic mass is 10.1. The SMILES string of the molecule is CC(C)CN1C[C@H](N)c2cc(Cl)ccc21. The fraction of sp³-hybridized carbons (Fsp3) is 0.500. The van der Waals surface area contributed by atoms with E-state index >= 15 is 0 Å². The second-order valence-electron chi connectivity index (χ2n) is 4.61. The summed E-state index contributed by atoms with van der Waals surface area (Å²) in [6.45, 7) is 6.41. The van der Waals surface area contributed by atoms with E-state index in [1.54, 1.807) is 0 Å². The van der Waals surface area contributed by atoms with Gasteiger partial charge in [-0.05, 0) is 29.7 Å². The minimum Gasteiger partial charge on any atom is -0.369 e. The van der Waals surface area contributed by atoms with Crippen LogP contribution < -0.4 is 10.6 Å². The van der Waals surface area contributed by atoms with Crippen LogP contribution in [0, 0.1) is 5.92 Å². The third-order valence-corrected chi connectivity index (χ3v) is 2.97. The number of nitrogens with two attached hydrogens (primary N) is 1. The zero-order valence-corrected chi connectivity index (χ0v) is 9.96. The van der Waals surface area contributed by atoms with E-state index in [4.69, 9.17) is 17.3 Å². The number of rotatable bonds is 2. The Bertz CT molecular complexity index is 363. The molecule has 0 fully saturated rings. The Morgan fingerprint density at radius 1 is 1.53 bits per heavy atom. The first kappa shape index (κ1) is 10.8. The molecule has 0 spiro atoms. The van der Waals surface area contributed by atoms with Crippen molar-refractivity contribution in [3.05, 3.63) is 28.8 Å². The lowest BCUT2D eigenvalue weighted by Crippen LogP contribution is -2.28. The molecule has 2 N–H and O–H groups in total. The fourth-order valence-corrected chi connectivity index (χ4v) is 2.34. The van der Waals surface area contributed by atoms with Gasteiger partial charge in [0.25, 0.3) is 0 Å². The average molecular weight is 225 g/mol. The van der Waals surface area contributed by atoms with E-state index in [1.807, 2.05) is 12.1 Å². The van der Waals surface area contributed by atoms with Crippen molar-refractivity contribution in [3.8, 4) is 0 Å². The first-order valence-electron chi connectivity index (χ1n) is 5.38. The molecule has 1 aliphatic heterocycles. The molecule has 0 amide bonds. The minimum absolute atomic E-state index is 0.109. The highest BCUT2D eigenvalue weighted by Crippen LogP contribution is 2.35. The molecule has 0 bridgehead atoms. The van der Waals surface area contributed by atoms with Crippen LogP contribution in [-0.2, 0) is 0 Å². The van der Waals surface area contributed by atoms with Crippen molar-refractivity contribution in [1.29, 1.82) is 0 Å². The van der Waals surface area contributed by atoms with Crippen LogP contribution in [0.25, 0.3) is 0 Å². The van der Waals surface area contributed by atoms with E-state index in [0.29, 0.717) is 5.92 Å². The van der Waals surface area contributed by atoms with E-state index in [1.165, 1.54) is 11.3 Å². The lowest BCUT2D eigenvalue weighted by molar-refractivity contribution is 0.603. The van der Waals surface area contributed by atoms with Gasteiger partial charge in [0.15, 0.2) is 0 Å². The molecule has 3 heteroatoms. The summed E-state index contributed by atoms with van der Waals surface area (Å²) in [5.41, 5.74) is 8.52. The molecule has 2 rings (SSSR count). The predicted octanol–water partition coefficient (Wildman–Crippen LogP) is 2.82. The lowest BCUT2D eigenvalue weighted by Gasteiger charge is -2.21. The summed E-state index contributed by atoms with van der Waals surface area (Å²) in [6, 6.07) is 6.11. The van der Waals surface area contributed by atoms with Crippen LogP contribution in [-0.4, -0.2) is 13.1 Å². The van der Waals surface area contributed by atoms with Crippen LogP contribution in [0.4, 0.5) is 5.69 Å². The molecule has 1 aromatic rings. The molecule has 1 aromatic carbocycles. The highest BCUT2D eigenvalue weighted by Gasteiger charge is 2.26. The first-order valence-corrected chi connectivity index (χ1v) is 5.75. The monoisotopic (exact) mass is 224 g/mol. The Labute approximate surface area is 96.0 Å². The molecule has 0 unspecified atom stereocenters. The molecular formula is C12H17ClN2. The van der Waals surface area contributed by atoms with Gasteiger partial charge >= 0.3 is 0 Å². The maximum atomic E-state index is 6.08. The second kappa shape index (κ2) is 4.03. The Hall–Kier alpha value is -0.730. The number of hydrogen-bond donors (Lipinski definition) is 1. The Morgan fingerprint density at radius 3 is 2.93 bits per heavy atom. The standard InChI is InChI=1S/C12H17ClN2/c1-8(2)6-15-7-11(14)10-5-9(13)3-4-12(10)15/h3-5,8,11H,6-7,14H2,1-2H3/t11-/m0/s1. The van der Waals surface area contributed by atoms with Gasteiger partial charge in [-0.3, -0.25) is 0 Å². The van der Waals surface area contributed by atoms with Gasteiger partial charge in [-0.25, -0.2) is 0 Å². The number of halogens is 1. The van der Waals surface area contributed by atoms with Crippen molar-refractivity contribution in [2.45, 2.75) is 19.9 Å². The molecule has 0 aliphatic carbocycles. The Kier molecular flexibility index (Phi) is 2.89. The molecule has 82 valence electrons. The molecule has 15 heavy (non-hydrogen) atoms. The molecule has 0 saturated heterocycles. The van der Waals surface area contributed by atoms with Crippen LogP contribution in [0.3, 0.4) is 0 Å². The fourth-order valence-electron chi connectivity index (χ4n) is 2.16. The van der Waals surface area contributed by atoms with Crippen LogP contribution >= 0.6 is 11.6 Å². The molecule has 0 radical (unpaired) electrons. The normalized spacial score (nSPS) is 19.8. The van der Waals surface area contributed by atoms with E-state index < -0.39 is 0 Å². The largest absolute Gasteiger partial charge is 0.369 e. The molecule has 2 nitrogen and oxygen atoms in total. The summed E-state index contributed by atoms with van der Waals surface area (Å²) < 4.78 is 0. The number of hydrogen-bond acceptors (Lipinski definition) is 2. The van der Waals surface area contributed by atoms with Gasteiger partial charge in [0, 0.05) is 29.8 Å². The van der Waals surface area contributed by atoms with Crippen molar-refractivity contribution >= 4 is 17.3 Å². The van der Waals surface area contributed by atoms with Crippen LogP contribution in [0.2, 0.25) is 5.02 Å². The highest BCUT2D eigenvalue weighted by atomic mass is 35.5. The number of fused-ring (bicyclic) bond motifs is 1. The van der Waals surface area contributed by atoms with Gasteiger partial charge in [0.1, 0.15) is 0 Å². The van der Waals surface area contributed by atoms with E-state index in [0.717, 1.165) is 18.1 Å². The zero-order valence-electron chi connectivity index (χ0n) is 9.20. The molecule has 1 heterocycles. The van der Waals surface area contributed by atoms with Gasteiger partial charge in [0.05, 0.1) is 0 Å². The van der Waals surface area contributed by atoms with Gasteiger partial charge in [0.2, 0.25) is 0 Å². The molecule has 1 atom stereocenters. The van der Waals surface area contributed by atoms with Gasteiger partial charge in [-0.1, -0.05) is 25.4 Å². The summed E-state index contributed by atoms with van der Waals surface area (Å²) in [4.78, 5) is 2.35. The van der Waals surface area contributed by atoms with E-state index in [9.17, 15) is 0 Å². The quantitative estimate of drug-likeness (QED) is 0.837. The molecule has 1 aliphatic rings. The summed E-state index contributed by atoms with van der Waals surface area (Å²) in [5.74, 6) is 0.652. The van der Waals surface area contributed by atoms with Gasteiger partial charge < -0.3 is 10.6 Å². The summed E-state index contributed by atoms with van der Waals surface area (Å²) in [6.07, 6.45) is 0. The average Bonchev–Trinajstić information content (AvgIpc) is 2.42. The van der Waals surface area contributed by atoms with Crippen LogP contribution in [0.5, 0.6) is 0 Å². The molecule has 0 aromatic heterocycles. The van der Waals surface area contributed by atoms with Crippen LogP contribution in [0.1, 0.15) is 25.5 Å². The predicted molar refractivity (Wildman–Crippen MR) is 65.4 cm³/mol. The first-order chi connectivity index (χ1) is 7.08. The smallest absolute Gasteiger partial charge is 0.0494 e. The second-order valence-corrected chi connectivity index (χ2v) is 5.04. The zero-order chi connectivity index (χ0) is 11.0. The highest BCUT2D eigenvalue weighted by molar-refractivity contribution is 6.30. The number of nitrogens with zero attached hydrogens (tertiary/aromatic N) is 1. The van der Waals surface area contributed by atoms with Crippen molar-refractivity contribution in [1.82, 2.24) is 0 Å². The van der Waals surface area contributed by atoms with Crippen molar-refractivity contribution in [2.75, 3.05) is 18.0 Å². The number of anilines is 1. The minimum atomic E-state index is 0.109. The third kappa shape index (κ3) is 2.11.